The predicted octanol–water partition coefficient (Wildman–Crippen LogP) is 0.417. The smallest absolute Gasteiger partial charge is 0.272 e. The van der Waals surface area contributed by atoms with Crippen LogP contribution >= 0.6 is 0 Å². The maximum absolute atomic E-state index is 12.4. The van der Waals surface area contributed by atoms with E-state index in [4.69, 9.17) is 4.74 Å². The number of anilines is 2. The number of amides is 1. The Morgan fingerprint density at radius 2 is 2.00 bits per heavy atom. The first-order valence-corrected chi connectivity index (χ1v) is 9.59. The summed E-state index contributed by atoms with van der Waals surface area (Å²) in [7, 11) is -0.666. The number of morpholine rings is 1. The largest absolute Gasteiger partial charge is 0.378 e. The Balaban J connectivity index is 1.72. The summed E-state index contributed by atoms with van der Waals surface area (Å²) in [5.41, 5.74) is 0.766. The fourth-order valence-electron chi connectivity index (χ4n) is 2.66. The van der Waals surface area contributed by atoms with Gasteiger partial charge in [-0.25, -0.2) is 18.1 Å². The molecule has 26 heavy (non-hydrogen) atoms. The van der Waals surface area contributed by atoms with Gasteiger partial charge in [0.15, 0.2) is 0 Å². The van der Waals surface area contributed by atoms with Crippen molar-refractivity contribution in [2.24, 2.45) is 7.05 Å². The van der Waals surface area contributed by atoms with Gasteiger partial charge in [-0.3, -0.25) is 4.79 Å². The van der Waals surface area contributed by atoms with E-state index in [1.54, 1.807) is 19.3 Å². The zero-order valence-electron chi connectivity index (χ0n) is 14.6. The van der Waals surface area contributed by atoms with Crippen LogP contribution in [0.4, 0.5) is 11.5 Å². The topological polar surface area (TPSA) is 106 Å². The second-order valence-electron chi connectivity index (χ2n) is 5.84. The number of carbonyl (C=O) groups excluding carboxylic acids is 1. The summed E-state index contributed by atoms with van der Waals surface area (Å²) < 4.78 is 32.7. The molecule has 1 amide bonds. The molecule has 1 fully saturated rings. The van der Waals surface area contributed by atoms with Crippen LogP contribution in [0.3, 0.4) is 0 Å². The number of sulfonamides is 1. The van der Waals surface area contributed by atoms with Crippen LogP contribution in [0, 0.1) is 0 Å². The van der Waals surface area contributed by atoms with Gasteiger partial charge in [0, 0.05) is 26.3 Å². The molecule has 2 aromatic rings. The maximum Gasteiger partial charge on any atom is 0.272 e. The number of pyridine rings is 1. The molecule has 9 nitrogen and oxygen atoms in total. The van der Waals surface area contributed by atoms with Crippen molar-refractivity contribution in [1.29, 1.82) is 0 Å². The van der Waals surface area contributed by atoms with Gasteiger partial charge in [-0.05, 0) is 25.2 Å². The number of nitrogens with zero attached hydrogens (tertiary/aromatic N) is 3. The quantitative estimate of drug-likeness (QED) is 0.780. The van der Waals surface area contributed by atoms with Gasteiger partial charge in [0.1, 0.15) is 16.4 Å². The van der Waals surface area contributed by atoms with Gasteiger partial charge in [-0.2, -0.15) is 0 Å². The highest BCUT2D eigenvalue weighted by Crippen LogP contribution is 2.18. The molecule has 3 heterocycles. The Labute approximate surface area is 152 Å². The average Bonchev–Trinajstić information content (AvgIpc) is 3.06. The fourth-order valence-corrected chi connectivity index (χ4v) is 3.46. The van der Waals surface area contributed by atoms with E-state index in [0.29, 0.717) is 18.9 Å². The number of carbonyl (C=O) groups is 1. The molecule has 0 atom stereocenters. The lowest BCUT2D eigenvalue weighted by Gasteiger charge is -2.27. The molecule has 0 saturated carbocycles. The van der Waals surface area contributed by atoms with Crippen LogP contribution in [0.2, 0.25) is 0 Å². The zero-order valence-corrected chi connectivity index (χ0v) is 15.4. The number of ether oxygens (including phenoxy) is 1. The summed E-state index contributed by atoms with van der Waals surface area (Å²) >= 11 is 0. The first kappa shape index (κ1) is 18.4. The number of rotatable bonds is 5. The van der Waals surface area contributed by atoms with Crippen LogP contribution in [0.5, 0.6) is 0 Å². The Morgan fingerprint density at radius 1 is 1.27 bits per heavy atom. The minimum Gasteiger partial charge on any atom is -0.378 e. The Kier molecular flexibility index (Phi) is 5.25. The van der Waals surface area contributed by atoms with Crippen molar-refractivity contribution in [2.45, 2.75) is 4.90 Å². The van der Waals surface area contributed by atoms with Gasteiger partial charge in [0.2, 0.25) is 10.0 Å². The van der Waals surface area contributed by atoms with Crippen LogP contribution in [0.25, 0.3) is 0 Å². The van der Waals surface area contributed by atoms with E-state index in [2.05, 4.69) is 19.9 Å². The van der Waals surface area contributed by atoms with Crippen molar-refractivity contribution in [1.82, 2.24) is 14.3 Å². The molecule has 140 valence electrons. The summed E-state index contributed by atoms with van der Waals surface area (Å²) in [5, 5.41) is 2.73. The number of hydrogen-bond acceptors (Lipinski definition) is 6. The third kappa shape index (κ3) is 3.87. The van der Waals surface area contributed by atoms with E-state index < -0.39 is 15.9 Å². The lowest BCUT2D eigenvalue weighted by Crippen LogP contribution is -2.36. The predicted molar refractivity (Wildman–Crippen MR) is 96.9 cm³/mol. The van der Waals surface area contributed by atoms with E-state index in [-0.39, 0.29) is 10.6 Å². The highest BCUT2D eigenvalue weighted by molar-refractivity contribution is 7.89. The second-order valence-corrected chi connectivity index (χ2v) is 7.72. The lowest BCUT2D eigenvalue weighted by atomic mass is 10.3. The number of aryl methyl sites for hydroxylation is 1. The summed E-state index contributed by atoms with van der Waals surface area (Å²) in [6.07, 6.45) is 2.97. The van der Waals surface area contributed by atoms with Gasteiger partial charge < -0.3 is 19.5 Å². The molecule has 2 aromatic heterocycles. The molecular weight excluding hydrogens is 358 g/mol. The molecular formula is C16H21N5O4S. The molecule has 1 aliphatic rings. The third-order valence-corrected chi connectivity index (χ3v) is 5.51. The summed E-state index contributed by atoms with van der Waals surface area (Å²) in [5.74, 6) is 0.415. The molecule has 0 unspecified atom stereocenters. The monoisotopic (exact) mass is 379 g/mol. The van der Waals surface area contributed by atoms with Crippen LogP contribution in [0.1, 0.15) is 10.5 Å². The van der Waals surface area contributed by atoms with Crippen molar-refractivity contribution in [3.05, 3.63) is 36.3 Å². The number of nitrogens with one attached hydrogen (secondary N) is 2. The SMILES string of the molecule is CNS(=O)(=O)c1cc(C(=O)Nc2ccc(N3CCOCC3)nc2)n(C)c1. The standard InChI is InChI=1S/C16H21N5O4S/c1-17-26(23,24)13-9-14(20(2)11-13)16(22)19-12-3-4-15(18-10-12)21-5-7-25-8-6-21/h3-4,9-11,17H,5-8H2,1-2H3,(H,19,22). The van der Waals surface area contributed by atoms with Crippen LogP contribution in [-0.4, -0.2) is 57.2 Å². The highest BCUT2D eigenvalue weighted by Gasteiger charge is 2.19. The van der Waals surface area contributed by atoms with Gasteiger partial charge in [-0.15, -0.1) is 0 Å². The van der Waals surface area contributed by atoms with Gasteiger partial charge in [0.05, 0.1) is 25.1 Å². The Hall–Kier alpha value is -2.43. The Bertz CT molecular complexity index is 886. The lowest BCUT2D eigenvalue weighted by molar-refractivity contribution is 0.101. The molecule has 1 aliphatic heterocycles. The highest BCUT2D eigenvalue weighted by atomic mass is 32.2. The molecule has 2 N–H and O–H groups in total. The van der Waals surface area contributed by atoms with Crippen molar-refractivity contribution >= 4 is 27.4 Å². The van der Waals surface area contributed by atoms with Crippen LogP contribution in [-0.2, 0) is 21.8 Å². The first-order valence-electron chi connectivity index (χ1n) is 8.11. The second kappa shape index (κ2) is 7.44. The number of aromatic nitrogens is 2. The normalized spacial score (nSPS) is 15.1. The molecule has 0 bridgehead atoms. The molecule has 0 aromatic carbocycles. The number of hydrogen-bond donors (Lipinski definition) is 2. The van der Waals surface area contributed by atoms with Crippen LogP contribution < -0.4 is 14.9 Å². The van der Waals surface area contributed by atoms with Crippen LogP contribution in [0.15, 0.2) is 35.5 Å². The van der Waals surface area contributed by atoms with Crippen molar-refractivity contribution in [3.63, 3.8) is 0 Å². The van der Waals surface area contributed by atoms with Gasteiger partial charge >= 0.3 is 0 Å². The van der Waals surface area contributed by atoms with Crippen molar-refractivity contribution in [3.8, 4) is 0 Å². The summed E-state index contributed by atoms with van der Waals surface area (Å²) in [6.45, 7) is 2.91. The van der Waals surface area contributed by atoms with E-state index in [9.17, 15) is 13.2 Å². The molecule has 3 rings (SSSR count). The molecule has 10 heteroatoms. The third-order valence-electron chi connectivity index (χ3n) is 4.13. The minimum absolute atomic E-state index is 0.0356. The van der Waals surface area contributed by atoms with Crippen molar-refractivity contribution < 1.29 is 17.9 Å². The molecule has 0 spiro atoms. The average molecular weight is 379 g/mol. The van der Waals surface area contributed by atoms with E-state index in [1.165, 1.54) is 23.9 Å². The van der Waals surface area contributed by atoms with Gasteiger partial charge in [0.25, 0.3) is 5.91 Å². The first-order chi connectivity index (χ1) is 12.4. The maximum atomic E-state index is 12.4. The van der Waals surface area contributed by atoms with E-state index in [0.717, 1.165) is 18.9 Å². The molecule has 1 saturated heterocycles. The molecule has 0 aliphatic carbocycles. The summed E-state index contributed by atoms with van der Waals surface area (Å²) in [6, 6.07) is 4.93. The summed E-state index contributed by atoms with van der Waals surface area (Å²) in [4.78, 5) is 19.0. The van der Waals surface area contributed by atoms with E-state index >= 15 is 0 Å². The minimum atomic E-state index is -3.60. The Morgan fingerprint density at radius 3 is 2.62 bits per heavy atom. The fraction of sp³-hybridized carbons (Fsp3) is 0.375. The zero-order chi connectivity index (χ0) is 18.7. The van der Waals surface area contributed by atoms with Gasteiger partial charge in [-0.1, -0.05) is 0 Å². The van der Waals surface area contributed by atoms with Crippen molar-refractivity contribution in [2.75, 3.05) is 43.6 Å². The molecule has 0 radical (unpaired) electrons. The van der Waals surface area contributed by atoms with E-state index in [1.807, 2.05) is 6.07 Å².